The molecule has 4 nitrogen and oxygen atoms in total. The number of hydrogen-bond acceptors (Lipinski definition) is 4. The molecule has 1 aromatic carbocycles. The highest BCUT2D eigenvalue weighted by molar-refractivity contribution is 7.91. The summed E-state index contributed by atoms with van der Waals surface area (Å²) in [5, 5.41) is 0. The molecule has 0 aliphatic carbocycles. The Morgan fingerprint density at radius 3 is 2.45 bits per heavy atom. The molecule has 0 saturated carbocycles. The summed E-state index contributed by atoms with van der Waals surface area (Å²) in [6.07, 6.45) is 0.509. The van der Waals surface area contributed by atoms with Crippen molar-refractivity contribution in [2.45, 2.75) is 17.2 Å². The highest BCUT2D eigenvalue weighted by Gasteiger charge is 2.15. The van der Waals surface area contributed by atoms with Gasteiger partial charge in [-0.3, -0.25) is 0 Å². The molecule has 0 amide bonds. The maximum atomic E-state index is 12.7. The smallest absolute Gasteiger partial charge is 0.250 e. The second kappa shape index (κ2) is 6.45. The minimum Gasteiger partial charge on any atom is -0.326 e. The van der Waals surface area contributed by atoms with Gasteiger partial charge in [0.1, 0.15) is 10.0 Å². The molecule has 20 heavy (non-hydrogen) atoms. The largest absolute Gasteiger partial charge is 0.326 e. The summed E-state index contributed by atoms with van der Waals surface area (Å²) < 4.78 is 39.5. The van der Waals surface area contributed by atoms with Crippen LogP contribution in [0, 0.1) is 5.82 Å². The van der Waals surface area contributed by atoms with Gasteiger partial charge in [-0.05, 0) is 36.2 Å². The first-order chi connectivity index (χ1) is 9.51. The second-order valence-corrected chi connectivity index (χ2v) is 7.36. The zero-order valence-corrected chi connectivity index (χ0v) is 12.3. The van der Waals surface area contributed by atoms with Crippen LogP contribution in [0.25, 0.3) is 0 Å². The lowest BCUT2D eigenvalue weighted by Crippen LogP contribution is -2.25. The molecule has 1 heterocycles. The minimum absolute atomic E-state index is 0.261. The van der Waals surface area contributed by atoms with Gasteiger partial charge in [-0.2, -0.15) is 0 Å². The van der Waals surface area contributed by atoms with Gasteiger partial charge in [-0.25, -0.2) is 17.5 Å². The average molecular weight is 314 g/mol. The monoisotopic (exact) mass is 314 g/mol. The van der Waals surface area contributed by atoms with E-state index in [2.05, 4.69) is 4.72 Å². The van der Waals surface area contributed by atoms with Crippen LogP contribution in [0.5, 0.6) is 0 Å². The molecule has 3 N–H and O–H groups in total. The van der Waals surface area contributed by atoms with Crippen LogP contribution < -0.4 is 10.5 Å². The van der Waals surface area contributed by atoms with Gasteiger partial charge in [-0.15, -0.1) is 11.3 Å². The van der Waals surface area contributed by atoms with E-state index in [1.54, 1.807) is 24.3 Å². The number of benzene rings is 1. The molecule has 0 saturated heterocycles. The van der Waals surface area contributed by atoms with Gasteiger partial charge in [0.05, 0.1) is 0 Å². The Bertz CT molecular complexity index is 666. The molecule has 0 bridgehead atoms. The fourth-order valence-electron chi connectivity index (χ4n) is 1.66. The number of halogens is 1. The summed E-state index contributed by atoms with van der Waals surface area (Å²) in [4.78, 5) is 0.823. The summed E-state index contributed by atoms with van der Waals surface area (Å²) in [5.41, 5.74) is 6.34. The third-order valence-corrected chi connectivity index (χ3v) is 5.78. The molecule has 0 unspecified atom stereocenters. The van der Waals surface area contributed by atoms with Crippen LogP contribution in [0.3, 0.4) is 0 Å². The van der Waals surface area contributed by atoms with Crippen molar-refractivity contribution in [2.75, 3.05) is 6.54 Å². The molecule has 0 atom stereocenters. The molecule has 2 rings (SSSR count). The number of nitrogens with two attached hydrogens (primary N) is 1. The number of hydrogen-bond donors (Lipinski definition) is 2. The summed E-state index contributed by atoms with van der Waals surface area (Å²) in [6, 6.07) is 9.25. The average Bonchev–Trinajstić information content (AvgIpc) is 2.90. The van der Waals surface area contributed by atoms with Gasteiger partial charge in [0.15, 0.2) is 0 Å². The first-order valence-electron chi connectivity index (χ1n) is 6.04. The maximum Gasteiger partial charge on any atom is 0.250 e. The minimum atomic E-state index is -3.49. The summed E-state index contributed by atoms with van der Waals surface area (Å²) >= 11 is 1.16. The van der Waals surface area contributed by atoms with Crippen molar-refractivity contribution in [1.82, 2.24) is 4.72 Å². The van der Waals surface area contributed by atoms with Crippen LogP contribution in [0.2, 0.25) is 0 Å². The van der Waals surface area contributed by atoms with Crippen molar-refractivity contribution in [2.24, 2.45) is 5.73 Å². The van der Waals surface area contributed by atoms with E-state index >= 15 is 0 Å². The Morgan fingerprint density at radius 2 is 1.85 bits per heavy atom. The number of thiophene rings is 1. The van der Waals surface area contributed by atoms with E-state index in [0.29, 0.717) is 13.0 Å². The van der Waals surface area contributed by atoms with Gasteiger partial charge in [0.2, 0.25) is 10.0 Å². The lowest BCUT2D eigenvalue weighted by molar-refractivity contribution is 0.583. The summed E-state index contributed by atoms with van der Waals surface area (Å²) in [7, 11) is -3.49. The molecule has 0 aliphatic rings. The van der Waals surface area contributed by atoms with Crippen LogP contribution in [-0.2, 0) is 23.0 Å². The number of nitrogens with one attached hydrogen (secondary N) is 1. The maximum absolute atomic E-state index is 12.7. The lowest BCUT2D eigenvalue weighted by Gasteiger charge is -2.05. The zero-order valence-electron chi connectivity index (χ0n) is 10.7. The number of sulfonamides is 1. The standard InChI is InChI=1S/C13H15FN2O2S2/c14-11-3-1-10(2-4-11)7-8-16-20(17,18)13-6-5-12(9-15)19-13/h1-6,16H,7-9,15H2. The Labute approximate surface area is 121 Å². The van der Waals surface area contributed by atoms with Crippen LogP contribution in [0.15, 0.2) is 40.6 Å². The molecule has 0 aliphatic heterocycles. The highest BCUT2D eigenvalue weighted by atomic mass is 32.2. The van der Waals surface area contributed by atoms with Gasteiger partial charge in [0, 0.05) is 18.0 Å². The first kappa shape index (κ1) is 15.1. The quantitative estimate of drug-likeness (QED) is 0.855. The van der Waals surface area contributed by atoms with Crippen molar-refractivity contribution >= 4 is 21.4 Å². The summed E-state index contributed by atoms with van der Waals surface area (Å²) in [6.45, 7) is 0.597. The fourth-order valence-corrected chi connectivity index (χ4v) is 3.98. The van der Waals surface area contributed by atoms with Crippen molar-refractivity contribution in [3.05, 3.63) is 52.7 Å². The molecular weight excluding hydrogens is 299 g/mol. The lowest BCUT2D eigenvalue weighted by atomic mass is 10.1. The zero-order chi connectivity index (χ0) is 14.6. The Kier molecular flexibility index (Phi) is 4.87. The van der Waals surface area contributed by atoms with E-state index < -0.39 is 10.0 Å². The predicted molar refractivity (Wildman–Crippen MR) is 77.5 cm³/mol. The Balaban J connectivity index is 1.94. The topological polar surface area (TPSA) is 72.2 Å². The molecule has 1 aromatic heterocycles. The van der Waals surface area contributed by atoms with Crippen molar-refractivity contribution in [3.63, 3.8) is 0 Å². The Hall–Kier alpha value is -1.28. The Morgan fingerprint density at radius 1 is 1.15 bits per heavy atom. The third-order valence-electron chi connectivity index (χ3n) is 2.72. The van der Waals surface area contributed by atoms with E-state index in [1.807, 2.05) is 0 Å². The van der Waals surface area contributed by atoms with Gasteiger partial charge >= 0.3 is 0 Å². The van der Waals surface area contributed by atoms with E-state index in [-0.39, 0.29) is 16.6 Å². The summed E-state index contributed by atoms with van der Waals surface area (Å²) in [5.74, 6) is -0.303. The normalized spacial score (nSPS) is 11.7. The molecule has 108 valence electrons. The predicted octanol–water partition coefficient (Wildman–Crippen LogP) is 1.87. The van der Waals surface area contributed by atoms with Crippen molar-refractivity contribution in [1.29, 1.82) is 0 Å². The van der Waals surface area contributed by atoms with Crippen LogP contribution in [0.1, 0.15) is 10.4 Å². The third kappa shape index (κ3) is 3.86. The van der Waals surface area contributed by atoms with Gasteiger partial charge in [-0.1, -0.05) is 12.1 Å². The second-order valence-electron chi connectivity index (χ2n) is 4.20. The number of rotatable bonds is 6. The molecule has 0 spiro atoms. The molecule has 7 heteroatoms. The fraction of sp³-hybridized carbons (Fsp3) is 0.231. The SMILES string of the molecule is NCc1ccc(S(=O)(=O)NCCc2ccc(F)cc2)s1. The van der Waals surface area contributed by atoms with Gasteiger partial charge < -0.3 is 5.73 Å². The van der Waals surface area contributed by atoms with E-state index in [4.69, 9.17) is 5.73 Å². The molecule has 0 fully saturated rings. The highest BCUT2D eigenvalue weighted by Crippen LogP contribution is 2.20. The van der Waals surface area contributed by atoms with Gasteiger partial charge in [0.25, 0.3) is 0 Å². The molecular formula is C13H15FN2O2S2. The van der Waals surface area contributed by atoms with Crippen molar-refractivity contribution in [3.8, 4) is 0 Å². The van der Waals surface area contributed by atoms with Crippen molar-refractivity contribution < 1.29 is 12.8 Å². The first-order valence-corrected chi connectivity index (χ1v) is 8.34. The molecule has 2 aromatic rings. The molecule has 0 radical (unpaired) electrons. The van der Waals surface area contributed by atoms with E-state index in [9.17, 15) is 12.8 Å². The van der Waals surface area contributed by atoms with E-state index in [0.717, 1.165) is 21.8 Å². The van der Waals surface area contributed by atoms with Crippen LogP contribution in [-0.4, -0.2) is 15.0 Å². The van der Waals surface area contributed by atoms with Crippen LogP contribution >= 0.6 is 11.3 Å². The van der Waals surface area contributed by atoms with E-state index in [1.165, 1.54) is 12.1 Å². The van der Waals surface area contributed by atoms with Crippen LogP contribution in [0.4, 0.5) is 4.39 Å².